The van der Waals surface area contributed by atoms with Gasteiger partial charge in [-0.25, -0.2) is 0 Å². The average molecular weight is 567 g/mol. The fraction of sp³-hybridized carbons (Fsp3) is 0.500. The molecule has 40 heavy (non-hydrogen) atoms. The quantitative estimate of drug-likeness (QED) is 0.148. The highest BCUT2D eigenvalue weighted by Crippen LogP contribution is 2.32. The molecule has 2 aromatic carbocycles. The maximum atomic E-state index is 12.9. The fourth-order valence-corrected chi connectivity index (χ4v) is 4.66. The maximum absolute atomic E-state index is 12.9. The Morgan fingerprint density at radius 3 is 2.25 bits per heavy atom. The third-order valence-electron chi connectivity index (χ3n) is 7.10. The van der Waals surface area contributed by atoms with Crippen molar-refractivity contribution in [2.24, 2.45) is 5.73 Å². The summed E-state index contributed by atoms with van der Waals surface area (Å²) in [4.78, 5) is 12.9. The summed E-state index contributed by atoms with van der Waals surface area (Å²) in [6.07, 6.45) is -12.3. The molecule has 2 heterocycles. The molecular formula is C26H34N2O12. The number of aliphatic hydroxyl groups excluding tert-OH is 7. The second-order valence-corrected chi connectivity index (χ2v) is 9.92. The summed E-state index contributed by atoms with van der Waals surface area (Å²) < 4.78 is 16.0. The van der Waals surface area contributed by atoms with Crippen LogP contribution in [0.15, 0.2) is 42.5 Å². The standard InChI is InChI=1S/C26H34N2O12/c1-11-7-13(5-6-15(11)39-25-26(27,37)22(34)20(32)17(10-30)40-25)12-3-2-4-14(8-12)23(35)28-18-19(31)16(9-29)38-24(36)21(18)33/h2-8,16-22,24-25,29-34,36-37H,9-10,27H2,1H3,(H,28,35)/t16?,17-,18?,19-,20-,21+,22+,24?,25+,26+/m1/s1. The third kappa shape index (κ3) is 5.83. The van der Waals surface area contributed by atoms with Crippen LogP contribution in [0, 0.1) is 6.92 Å². The van der Waals surface area contributed by atoms with E-state index in [9.17, 15) is 45.6 Å². The molecule has 4 rings (SSSR count). The van der Waals surface area contributed by atoms with Gasteiger partial charge in [-0.2, -0.15) is 0 Å². The molecule has 14 nitrogen and oxygen atoms in total. The largest absolute Gasteiger partial charge is 0.460 e. The van der Waals surface area contributed by atoms with Crippen LogP contribution in [-0.4, -0.2) is 121 Å². The predicted octanol–water partition coefficient (Wildman–Crippen LogP) is -3.34. The van der Waals surface area contributed by atoms with Crippen LogP contribution in [0.2, 0.25) is 0 Å². The highest BCUT2D eigenvalue weighted by atomic mass is 16.7. The normalized spacial score (nSPS) is 36.2. The fourth-order valence-electron chi connectivity index (χ4n) is 4.66. The molecule has 0 bridgehead atoms. The minimum Gasteiger partial charge on any atom is -0.460 e. The molecule has 0 aromatic heterocycles. The maximum Gasteiger partial charge on any atom is 0.251 e. The molecular weight excluding hydrogens is 532 g/mol. The first-order valence-corrected chi connectivity index (χ1v) is 12.5. The van der Waals surface area contributed by atoms with Gasteiger partial charge in [0.2, 0.25) is 12.0 Å². The number of ether oxygens (including phenoxy) is 3. The minimum atomic E-state index is -2.48. The van der Waals surface area contributed by atoms with Crippen molar-refractivity contribution in [2.45, 2.75) is 67.9 Å². The number of amides is 1. The smallest absolute Gasteiger partial charge is 0.251 e. The molecule has 2 aliphatic rings. The van der Waals surface area contributed by atoms with Crippen LogP contribution in [0.4, 0.5) is 0 Å². The first kappa shape index (κ1) is 30.2. The molecule has 11 N–H and O–H groups in total. The Morgan fingerprint density at radius 2 is 1.60 bits per heavy atom. The Hall–Kier alpha value is -2.73. The van der Waals surface area contributed by atoms with Crippen molar-refractivity contribution < 1.29 is 59.9 Å². The number of nitrogens with two attached hydrogens (primary N) is 1. The zero-order chi connectivity index (χ0) is 29.4. The zero-order valence-electron chi connectivity index (χ0n) is 21.4. The van der Waals surface area contributed by atoms with E-state index in [0.29, 0.717) is 16.7 Å². The molecule has 2 saturated heterocycles. The van der Waals surface area contributed by atoms with E-state index >= 15 is 0 Å². The lowest BCUT2D eigenvalue weighted by Crippen LogP contribution is -2.72. The Balaban J connectivity index is 1.50. The summed E-state index contributed by atoms with van der Waals surface area (Å²) in [6.45, 7) is 0.415. The lowest BCUT2D eigenvalue weighted by atomic mass is 9.94. The Morgan fingerprint density at radius 1 is 0.950 bits per heavy atom. The number of carbonyl (C=O) groups is 1. The van der Waals surface area contributed by atoms with Crippen LogP contribution in [0.5, 0.6) is 5.75 Å². The van der Waals surface area contributed by atoms with E-state index in [-0.39, 0.29) is 11.3 Å². The molecule has 10 atom stereocenters. The number of rotatable bonds is 7. The molecule has 3 unspecified atom stereocenters. The van der Waals surface area contributed by atoms with Gasteiger partial charge in [-0.3, -0.25) is 10.5 Å². The summed E-state index contributed by atoms with van der Waals surface area (Å²) in [5.41, 5.74) is 5.31. The number of hydrogen-bond acceptors (Lipinski definition) is 13. The first-order chi connectivity index (χ1) is 18.9. The number of nitrogens with one attached hydrogen (secondary N) is 1. The van der Waals surface area contributed by atoms with Crippen molar-refractivity contribution in [3.05, 3.63) is 53.6 Å². The first-order valence-electron chi connectivity index (χ1n) is 12.5. The SMILES string of the molecule is Cc1cc(-c2cccc(C(=O)NC3[C@H](O)C(O)OC(CO)[C@H]3O)c2)ccc1O[C@H]1O[C@H](CO)[C@@H](O)[C@H](O)[C@]1(N)O. The zero-order valence-corrected chi connectivity index (χ0v) is 21.4. The summed E-state index contributed by atoms with van der Waals surface area (Å²) >= 11 is 0. The van der Waals surface area contributed by atoms with Gasteiger partial charge >= 0.3 is 0 Å². The van der Waals surface area contributed by atoms with Gasteiger partial charge in [0.05, 0.1) is 19.3 Å². The molecule has 0 radical (unpaired) electrons. The van der Waals surface area contributed by atoms with E-state index in [1.807, 2.05) is 0 Å². The number of aliphatic hydroxyl groups is 8. The van der Waals surface area contributed by atoms with Gasteiger partial charge in [-0.1, -0.05) is 18.2 Å². The van der Waals surface area contributed by atoms with Crippen molar-refractivity contribution >= 4 is 5.91 Å². The predicted molar refractivity (Wildman–Crippen MR) is 135 cm³/mol. The second-order valence-electron chi connectivity index (χ2n) is 9.92. The van der Waals surface area contributed by atoms with Gasteiger partial charge < -0.3 is 60.4 Å². The van der Waals surface area contributed by atoms with Crippen LogP contribution in [-0.2, 0) is 9.47 Å². The van der Waals surface area contributed by atoms with E-state index in [1.54, 1.807) is 43.3 Å². The number of aryl methyl sites for hydroxylation is 1. The molecule has 1 amide bonds. The van der Waals surface area contributed by atoms with Crippen molar-refractivity contribution in [1.82, 2.24) is 5.32 Å². The monoisotopic (exact) mass is 566 g/mol. The van der Waals surface area contributed by atoms with E-state index < -0.39 is 80.1 Å². The van der Waals surface area contributed by atoms with Crippen molar-refractivity contribution in [1.29, 1.82) is 0 Å². The van der Waals surface area contributed by atoms with Crippen molar-refractivity contribution in [2.75, 3.05) is 13.2 Å². The molecule has 220 valence electrons. The number of carbonyl (C=O) groups excluding carboxylic acids is 1. The molecule has 14 heteroatoms. The van der Waals surface area contributed by atoms with Gasteiger partial charge in [0, 0.05) is 5.56 Å². The van der Waals surface area contributed by atoms with Crippen LogP contribution >= 0.6 is 0 Å². The molecule has 2 aromatic rings. The lowest BCUT2D eigenvalue weighted by Gasteiger charge is -2.45. The Kier molecular flexibility index (Phi) is 9.08. The molecule has 2 aliphatic heterocycles. The van der Waals surface area contributed by atoms with E-state index in [2.05, 4.69) is 5.32 Å². The minimum absolute atomic E-state index is 0.183. The van der Waals surface area contributed by atoms with Gasteiger partial charge in [-0.15, -0.1) is 0 Å². The van der Waals surface area contributed by atoms with Gasteiger partial charge in [0.25, 0.3) is 5.91 Å². The summed E-state index contributed by atoms with van der Waals surface area (Å²) in [7, 11) is 0. The highest BCUT2D eigenvalue weighted by Gasteiger charge is 2.54. The van der Waals surface area contributed by atoms with Gasteiger partial charge in [0.15, 0.2) is 6.29 Å². The highest BCUT2D eigenvalue weighted by molar-refractivity contribution is 5.95. The average Bonchev–Trinajstić information content (AvgIpc) is 2.94. The van der Waals surface area contributed by atoms with Crippen molar-refractivity contribution in [3.63, 3.8) is 0 Å². The van der Waals surface area contributed by atoms with Gasteiger partial charge in [0.1, 0.15) is 42.4 Å². The van der Waals surface area contributed by atoms with Crippen LogP contribution < -0.4 is 15.8 Å². The summed E-state index contributed by atoms with van der Waals surface area (Å²) in [5, 5.41) is 82.3. The topological polar surface area (TPSA) is 245 Å². The second kappa shape index (κ2) is 12.0. The number of hydrogen-bond donors (Lipinski definition) is 10. The number of benzene rings is 2. The Bertz CT molecular complexity index is 1200. The van der Waals surface area contributed by atoms with Crippen molar-refractivity contribution in [3.8, 4) is 16.9 Å². The van der Waals surface area contributed by atoms with E-state index in [0.717, 1.165) is 0 Å². The lowest BCUT2D eigenvalue weighted by molar-refractivity contribution is -0.319. The Labute approximate surface area is 228 Å². The summed E-state index contributed by atoms with van der Waals surface area (Å²) in [5.74, 6) is -0.422. The van der Waals surface area contributed by atoms with Crippen LogP contribution in [0.3, 0.4) is 0 Å². The summed E-state index contributed by atoms with van der Waals surface area (Å²) in [6, 6.07) is 10.1. The molecule has 0 aliphatic carbocycles. The van der Waals surface area contributed by atoms with Gasteiger partial charge in [-0.05, 0) is 47.9 Å². The molecule has 2 fully saturated rings. The molecule has 0 saturated carbocycles. The molecule has 0 spiro atoms. The van der Waals surface area contributed by atoms with Crippen LogP contribution in [0.1, 0.15) is 15.9 Å². The van der Waals surface area contributed by atoms with Crippen LogP contribution in [0.25, 0.3) is 11.1 Å². The van der Waals surface area contributed by atoms with E-state index in [4.69, 9.17) is 19.9 Å². The third-order valence-corrected chi connectivity index (χ3v) is 7.10. The van der Waals surface area contributed by atoms with E-state index in [1.165, 1.54) is 6.07 Å².